The van der Waals surface area contributed by atoms with Gasteiger partial charge in [0.15, 0.2) is 0 Å². The lowest BCUT2D eigenvalue weighted by atomic mass is 9.88. The Bertz CT molecular complexity index is 849. The van der Waals surface area contributed by atoms with Gasteiger partial charge in [-0.3, -0.25) is 4.79 Å². The number of benzene rings is 2. The maximum absolute atomic E-state index is 13.0. The number of rotatable bonds is 7. The van der Waals surface area contributed by atoms with Crippen LogP contribution < -0.4 is 16.2 Å². The third kappa shape index (κ3) is 5.25. The third-order valence-electron chi connectivity index (χ3n) is 5.63. The fourth-order valence-electron chi connectivity index (χ4n) is 3.90. The van der Waals surface area contributed by atoms with Crippen LogP contribution in [0.25, 0.3) is 0 Å². The molecule has 1 unspecified atom stereocenters. The van der Waals surface area contributed by atoms with E-state index in [9.17, 15) is 14.3 Å². The monoisotopic (exact) mass is 401 g/mol. The van der Waals surface area contributed by atoms with Crippen molar-refractivity contribution in [3.63, 3.8) is 0 Å². The Balaban J connectivity index is 1.56. The maximum atomic E-state index is 13.0. The zero-order valence-corrected chi connectivity index (χ0v) is 16.6. The van der Waals surface area contributed by atoms with Crippen LogP contribution in [0, 0.1) is 11.7 Å². The van der Waals surface area contributed by atoms with E-state index in [0.29, 0.717) is 29.5 Å². The van der Waals surface area contributed by atoms with Crippen molar-refractivity contribution in [1.82, 2.24) is 4.90 Å². The number of carbonyl (C=O) groups excluding carboxylic acids is 1. The molecule has 0 spiro atoms. The van der Waals surface area contributed by atoms with Crippen LogP contribution in [-0.2, 0) is 6.42 Å². The molecule has 0 saturated carbocycles. The fraction of sp³-hybridized carbons (Fsp3) is 0.409. The van der Waals surface area contributed by atoms with Gasteiger partial charge in [-0.1, -0.05) is 12.1 Å². The summed E-state index contributed by atoms with van der Waals surface area (Å²) in [6.07, 6.45) is 2.06. The second kappa shape index (κ2) is 9.24. The van der Waals surface area contributed by atoms with Gasteiger partial charge < -0.3 is 26.2 Å². The number of primary amides is 1. The van der Waals surface area contributed by atoms with E-state index in [1.165, 1.54) is 19.2 Å². The van der Waals surface area contributed by atoms with Crippen molar-refractivity contribution in [3.8, 4) is 5.75 Å². The topological polar surface area (TPSA) is 102 Å². The first kappa shape index (κ1) is 21.1. The molecule has 1 aliphatic rings. The summed E-state index contributed by atoms with van der Waals surface area (Å²) in [7, 11) is 1.48. The van der Waals surface area contributed by atoms with Gasteiger partial charge in [-0.2, -0.15) is 0 Å². The number of hydrogen-bond acceptors (Lipinski definition) is 5. The molecule has 5 N–H and O–H groups in total. The van der Waals surface area contributed by atoms with E-state index in [1.807, 2.05) is 0 Å². The number of amides is 1. The van der Waals surface area contributed by atoms with Crippen molar-refractivity contribution in [2.24, 2.45) is 11.7 Å². The number of aliphatic hydroxyl groups is 1. The number of β-amino-alcohol motifs (C(OH)–C–C–N with tert-alkyl or cyclic N) is 1. The number of anilines is 1. The first-order chi connectivity index (χ1) is 13.9. The molecule has 1 saturated heterocycles. The lowest BCUT2D eigenvalue weighted by Gasteiger charge is -2.33. The molecule has 2 aromatic rings. The molecular weight excluding hydrogens is 373 g/mol. The van der Waals surface area contributed by atoms with E-state index in [1.54, 1.807) is 24.3 Å². The Morgan fingerprint density at radius 3 is 2.52 bits per heavy atom. The second-order valence-corrected chi connectivity index (χ2v) is 7.63. The highest BCUT2D eigenvalue weighted by Gasteiger charge is 2.23. The molecule has 0 bridgehead atoms. The maximum Gasteiger partial charge on any atom is 0.252 e. The van der Waals surface area contributed by atoms with E-state index in [0.717, 1.165) is 43.5 Å². The minimum atomic E-state index is -0.637. The number of nitrogen functional groups attached to an aromatic ring is 1. The van der Waals surface area contributed by atoms with Gasteiger partial charge in [0, 0.05) is 18.3 Å². The predicted octanol–water partition coefficient (Wildman–Crippen LogP) is 2.50. The Morgan fingerprint density at radius 2 is 1.93 bits per heavy atom. The molecule has 1 atom stereocenters. The van der Waals surface area contributed by atoms with E-state index < -0.39 is 12.0 Å². The van der Waals surface area contributed by atoms with Crippen molar-refractivity contribution in [2.75, 3.05) is 32.5 Å². The van der Waals surface area contributed by atoms with Crippen molar-refractivity contribution >= 4 is 11.6 Å². The summed E-state index contributed by atoms with van der Waals surface area (Å²) in [5, 5.41) is 10.4. The van der Waals surface area contributed by atoms with Gasteiger partial charge in [-0.05, 0) is 67.6 Å². The summed E-state index contributed by atoms with van der Waals surface area (Å²) in [6, 6.07) is 9.37. The van der Waals surface area contributed by atoms with Gasteiger partial charge in [0.25, 0.3) is 5.91 Å². The number of carbonyl (C=O) groups is 1. The lowest BCUT2D eigenvalue weighted by Crippen LogP contribution is -2.37. The number of hydrogen-bond donors (Lipinski definition) is 3. The number of halogens is 1. The first-order valence-electron chi connectivity index (χ1n) is 9.79. The summed E-state index contributed by atoms with van der Waals surface area (Å²) < 4.78 is 18.2. The van der Waals surface area contributed by atoms with Crippen LogP contribution in [0.2, 0.25) is 0 Å². The Kier molecular flexibility index (Phi) is 6.71. The van der Waals surface area contributed by atoms with Crippen LogP contribution in [0.15, 0.2) is 36.4 Å². The standard InChI is InChI=1S/C22H28FN3O3/c1-29-21-12-19(24)16(11-18(21)22(25)28)10-14-6-8-26(9-7-14)13-20(27)15-2-4-17(23)5-3-15/h2-5,11-12,14,20,27H,6-10,13,24H2,1H3,(H2,25,28). The minimum Gasteiger partial charge on any atom is -0.496 e. The third-order valence-corrected chi connectivity index (χ3v) is 5.63. The fourth-order valence-corrected chi connectivity index (χ4v) is 3.90. The molecule has 2 aromatic carbocycles. The van der Waals surface area contributed by atoms with Gasteiger partial charge in [0.2, 0.25) is 0 Å². The molecule has 6 nitrogen and oxygen atoms in total. The van der Waals surface area contributed by atoms with E-state index in [4.69, 9.17) is 16.2 Å². The highest BCUT2D eigenvalue weighted by molar-refractivity contribution is 5.96. The zero-order chi connectivity index (χ0) is 21.0. The van der Waals surface area contributed by atoms with Crippen molar-refractivity contribution < 1.29 is 19.0 Å². The molecule has 0 radical (unpaired) electrons. The average Bonchev–Trinajstić information content (AvgIpc) is 2.70. The Labute approximate surface area is 170 Å². The van der Waals surface area contributed by atoms with Gasteiger partial charge in [0.1, 0.15) is 11.6 Å². The number of piperidine rings is 1. The number of aliphatic hydroxyl groups excluding tert-OH is 1. The summed E-state index contributed by atoms with van der Waals surface area (Å²) in [5.74, 6) is -0.0132. The average molecular weight is 401 g/mol. The molecule has 1 aliphatic heterocycles. The smallest absolute Gasteiger partial charge is 0.252 e. The predicted molar refractivity (Wildman–Crippen MR) is 110 cm³/mol. The molecule has 29 heavy (non-hydrogen) atoms. The highest BCUT2D eigenvalue weighted by atomic mass is 19.1. The Hall–Kier alpha value is -2.64. The number of nitrogens with zero attached hydrogens (tertiary/aromatic N) is 1. The quantitative estimate of drug-likeness (QED) is 0.619. The summed E-state index contributed by atoms with van der Waals surface area (Å²) >= 11 is 0. The zero-order valence-electron chi connectivity index (χ0n) is 16.6. The lowest BCUT2D eigenvalue weighted by molar-refractivity contribution is 0.0893. The molecule has 0 aromatic heterocycles. The number of ether oxygens (including phenoxy) is 1. The first-order valence-corrected chi connectivity index (χ1v) is 9.79. The van der Waals surface area contributed by atoms with E-state index in [-0.39, 0.29) is 5.82 Å². The van der Waals surface area contributed by atoms with Crippen LogP contribution in [-0.4, -0.2) is 42.7 Å². The van der Waals surface area contributed by atoms with Crippen LogP contribution in [0.4, 0.5) is 10.1 Å². The van der Waals surface area contributed by atoms with E-state index >= 15 is 0 Å². The SMILES string of the molecule is COc1cc(N)c(CC2CCN(CC(O)c3ccc(F)cc3)CC2)cc1C(N)=O. The minimum absolute atomic E-state index is 0.306. The molecule has 7 heteroatoms. The van der Waals surface area contributed by atoms with Crippen molar-refractivity contribution in [1.29, 1.82) is 0 Å². The summed E-state index contributed by atoms with van der Waals surface area (Å²) in [6.45, 7) is 2.25. The van der Waals surface area contributed by atoms with Crippen LogP contribution >= 0.6 is 0 Å². The Morgan fingerprint density at radius 1 is 1.28 bits per heavy atom. The number of likely N-dealkylation sites (tertiary alicyclic amines) is 1. The van der Waals surface area contributed by atoms with Gasteiger partial charge >= 0.3 is 0 Å². The van der Waals surface area contributed by atoms with Crippen LogP contribution in [0.3, 0.4) is 0 Å². The van der Waals surface area contributed by atoms with Gasteiger partial charge in [-0.25, -0.2) is 4.39 Å². The molecule has 3 rings (SSSR count). The molecule has 1 fully saturated rings. The van der Waals surface area contributed by atoms with Gasteiger partial charge in [0.05, 0.1) is 18.8 Å². The largest absolute Gasteiger partial charge is 0.496 e. The van der Waals surface area contributed by atoms with Crippen LogP contribution in [0.1, 0.15) is 40.4 Å². The normalized spacial score (nSPS) is 16.5. The van der Waals surface area contributed by atoms with Crippen molar-refractivity contribution in [3.05, 3.63) is 58.9 Å². The van der Waals surface area contributed by atoms with E-state index in [2.05, 4.69) is 4.90 Å². The van der Waals surface area contributed by atoms with Crippen molar-refractivity contribution in [2.45, 2.75) is 25.4 Å². The molecule has 1 heterocycles. The number of nitrogens with two attached hydrogens (primary N) is 2. The summed E-state index contributed by atoms with van der Waals surface area (Å²) in [5.41, 5.74) is 14.2. The molecule has 0 aliphatic carbocycles. The van der Waals surface area contributed by atoms with Gasteiger partial charge in [-0.15, -0.1) is 0 Å². The molecule has 1 amide bonds. The highest BCUT2D eigenvalue weighted by Crippen LogP contribution is 2.30. The van der Waals surface area contributed by atoms with Crippen LogP contribution in [0.5, 0.6) is 5.75 Å². The second-order valence-electron chi connectivity index (χ2n) is 7.63. The summed E-state index contributed by atoms with van der Waals surface area (Å²) in [4.78, 5) is 13.9. The molecule has 156 valence electrons. The number of methoxy groups -OCH3 is 1. The molecular formula is C22H28FN3O3.